The predicted molar refractivity (Wildman–Crippen MR) is 623 cm³/mol. The molecule has 15 heteroatoms. The third-order valence-corrected chi connectivity index (χ3v) is 35.1. The van der Waals surface area contributed by atoms with Crippen LogP contribution in [0.3, 0.4) is 0 Å². The molecule has 0 aliphatic carbocycles. The van der Waals surface area contributed by atoms with Gasteiger partial charge in [-0.1, -0.05) is 443 Å². The van der Waals surface area contributed by atoms with Gasteiger partial charge in [0, 0.05) is 116 Å². The number of carbonyl (C=O) groups is 3. The summed E-state index contributed by atoms with van der Waals surface area (Å²) in [6.07, 6.45) is 12.7. The smallest absolute Gasteiger partial charge is 0.164 e. The van der Waals surface area contributed by atoms with Gasteiger partial charge in [0.05, 0.1) is 46.5 Å². The molecule has 0 bridgehead atoms. The number of ketones is 3. The van der Waals surface area contributed by atoms with Crippen LogP contribution < -0.4 is 15.6 Å². The first-order valence-electron chi connectivity index (χ1n) is 53.3. The van der Waals surface area contributed by atoms with Gasteiger partial charge in [0.2, 0.25) is 0 Å². The molecule has 779 valence electrons. The Morgan fingerprint density at radius 3 is 1.00 bits per heavy atom. The molecule has 0 unspecified atom stereocenters. The van der Waals surface area contributed by atoms with Crippen molar-refractivity contribution < 1.29 is 94.1 Å². The van der Waals surface area contributed by atoms with E-state index in [1.54, 1.807) is 6.07 Å². The van der Waals surface area contributed by atoms with Gasteiger partial charge in [0.25, 0.3) is 0 Å². The Hall–Kier alpha value is -10.1. The maximum absolute atomic E-state index is 12.2. The quantitative estimate of drug-likeness (QED) is 0.0173. The number of nitrogens with zero attached hydrogens (tertiary/aromatic N) is 3. The molecule has 3 heterocycles. The number of pyridine rings is 3. The number of benzene rings is 11. The summed E-state index contributed by atoms with van der Waals surface area (Å²) in [6.45, 7) is 60.0. The number of hydrogen-bond acceptors (Lipinski definition) is 9. The van der Waals surface area contributed by atoms with Gasteiger partial charge in [-0.05, 0) is 160 Å². The molecular weight excluding hydrogens is 2370 g/mol. The normalized spacial score (nSPS) is 12.5. The van der Waals surface area contributed by atoms with E-state index < -0.39 is 31.1 Å². The Bertz CT molecular complexity index is 6830. The van der Waals surface area contributed by atoms with E-state index in [9.17, 15) is 29.7 Å². The van der Waals surface area contributed by atoms with E-state index in [1.165, 1.54) is 100 Å². The van der Waals surface area contributed by atoms with E-state index in [2.05, 4.69) is 311 Å². The Kier molecular flexibility index (Phi) is 45.3. The fraction of sp³-hybridized carbons (Fsp3) is 0.359. The van der Waals surface area contributed by atoms with Crippen LogP contribution >= 0.6 is 0 Å². The van der Waals surface area contributed by atoms with E-state index in [0.717, 1.165) is 125 Å². The van der Waals surface area contributed by atoms with Crippen LogP contribution in [0.5, 0.6) is 0 Å². The van der Waals surface area contributed by atoms with Crippen molar-refractivity contribution in [3.05, 3.63) is 337 Å². The van der Waals surface area contributed by atoms with Gasteiger partial charge in [0.1, 0.15) is 11.5 Å². The predicted octanol–water partition coefficient (Wildman–Crippen LogP) is 35.4. The van der Waals surface area contributed by atoms with Gasteiger partial charge in [-0.3, -0.25) is 29.3 Å². The van der Waals surface area contributed by atoms with Gasteiger partial charge in [0.15, 0.2) is 17.3 Å². The van der Waals surface area contributed by atoms with Gasteiger partial charge in [-0.25, -0.2) is 0 Å². The molecule has 146 heavy (non-hydrogen) atoms. The van der Waals surface area contributed by atoms with Gasteiger partial charge < -0.3 is 15.3 Å². The van der Waals surface area contributed by atoms with Crippen LogP contribution in [0, 0.1) is 65.5 Å². The SMILES string of the molecule is CC(C)(C)c1c[c-]c(-c2ccc3cc([Si](C)(C)C)c(-c4ccccc4)cc3n2)cc1.CCC(C)(C)C(=O)C=C(O)C(C)(C)CC.CCC(C)(CC)C(=O)C=C(O)C(C)(CC)CC.CCC(CC)C(=O)C=C(O)C(CC)CC.Cc1cc(-c2ccc3cc([Si](C)(C)C)c(-c4ccccc4)cc3n2)[c-]cc1-c1ccccc1.[2H]C([2H])([2H])c1c[c-]c(-c2ccc3cc([Si](C)(C)C)c(-c4ccccc4)cc3n2)cc1-c1ccccc1.[Ir].[Ir].[Ir]. The van der Waals surface area contributed by atoms with Crippen molar-refractivity contribution in [3.8, 4) is 89.4 Å². The summed E-state index contributed by atoms with van der Waals surface area (Å²) in [5.41, 5.74) is 21.8. The zero-order chi connectivity index (χ0) is 108. The molecule has 3 N–H and O–H groups in total. The van der Waals surface area contributed by atoms with Crippen molar-refractivity contribution in [2.75, 3.05) is 0 Å². The molecule has 3 radical (unpaired) electrons. The van der Waals surface area contributed by atoms with Crippen LogP contribution in [0.1, 0.15) is 217 Å². The maximum atomic E-state index is 12.2. The minimum atomic E-state index is -2.23. The third kappa shape index (κ3) is 33.2. The number of aromatic nitrogens is 3. The fourth-order valence-electron chi connectivity index (χ4n) is 17.0. The van der Waals surface area contributed by atoms with E-state index >= 15 is 0 Å². The van der Waals surface area contributed by atoms with Crippen molar-refractivity contribution in [1.82, 2.24) is 15.0 Å². The molecule has 0 aliphatic heterocycles. The monoisotopic (exact) mass is 2540 g/mol. The van der Waals surface area contributed by atoms with Crippen LogP contribution in [0.2, 0.25) is 58.9 Å². The Balaban J connectivity index is 0.000000282. The minimum absolute atomic E-state index is 0. The van der Waals surface area contributed by atoms with E-state index in [4.69, 9.17) is 19.1 Å². The first kappa shape index (κ1) is 119. The molecule has 0 fully saturated rings. The number of allylic oxidation sites excluding steroid dienone is 6. The van der Waals surface area contributed by atoms with E-state index in [1.807, 2.05) is 165 Å². The maximum Gasteiger partial charge on any atom is 0.164 e. The number of carbonyl (C=O) groups excluding carboxylic acids is 3. The summed E-state index contributed by atoms with van der Waals surface area (Å²) in [4.78, 5) is 50.9. The average Bonchev–Trinajstić information content (AvgIpc) is 0.770. The molecule has 14 rings (SSSR count). The molecule has 14 aromatic rings. The zero-order valence-corrected chi connectivity index (χ0v) is 102. The molecule has 0 saturated carbocycles. The van der Waals surface area contributed by atoms with Crippen LogP contribution in [0.25, 0.3) is 122 Å². The van der Waals surface area contributed by atoms with E-state index in [-0.39, 0.29) is 134 Å². The molecule has 9 nitrogen and oxygen atoms in total. The molecule has 3 aromatic heterocycles. The van der Waals surface area contributed by atoms with Crippen molar-refractivity contribution in [2.45, 2.75) is 274 Å². The molecule has 0 atom stereocenters. The second-order valence-corrected chi connectivity index (χ2v) is 59.2. The molecule has 0 aliphatic rings. The summed E-state index contributed by atoms with van der Waals surface area (Å²) in [6, 6.07) is 103. The third-order valence-electron chi connectivity index (χ3n) is 29.0. The minimum Gasteiger partial charge on any atom is -0.512 e. The molecular formula is C131H162Ir3N3O6Si3-3. The zero-order valence-electron chi connectivity index (χ0n) is 95.3. The second-order valence-electron chi connectivity index (χ2n) is 44.1. The number of aliphatic hydroxyl groups is 3. The van der Waals surface area contributed by atoms with Crippen molar-refractivity contribution in [2.24, 2.45) is 33.5 Å². The fourth-order valence-corrected chi connectivity index (χ4v) is 21.8. The number of fused-ring (bicyclic) bond motifs is 3. The standard InChI is InChI=1S/2C31H28NSi.C28H30NSi.C15H28O2.2C13H24O2.3Ir/c1-22-19-25(15-17-27(22)23-11-7-5-8-12-23)29-18-16-26-20-31(33(2,3)4)28(21-30(26)32-29)24-13-9-6-10-14-24;1-22-15-16-25(19-27(22)23-11-7-5-8-12-23)29-18-17-26-20-31(33(2,3)4)28(21-30(26)32-29)24-13-9-6-10-14-24;1-28(2,3)23-15-12-21(13-16-23)25-17-14-22-18-27(30(4,5)6)24(19-26(22)29-25)20-10-8-7-9-11-20;1-7-14(5,8-2)12(16)11-13(17)15(6,9-3)10-4;1-7-12(3,4)10(14)9-11(15)13(5,6)8-2;1-5-10(6-2)12(14)9-13(15)11(7-3)8-4;;;/h5-14,16-21H,1-4H3;5-15,17-21H,1-4H3;7-12,14-19H,1-6H3;11,16H,7-10H2,1-6H3;9,14H,7-8H2,1-6H3;9-11,14H,5-8H2,1-4H3;;;/q3*-1;;;;;;/i;1D3;;;;;;;. The second kappa shape index (κ2) is 55.4. The van der Waals surface area contributed by atoms with Gasteiger partial charge in [-0.2, -0.15) is 0 Å². The average molecular weight is 2540 g/mol. The van der Waals surface area contributed by atoms with E-state index in [0.29, 0.717) is 11.1 Å². The topological polar surface area (TPSA) is 151 Å². The molecule has 0 amide bonds. The largest absolute Gasteiger partial charge is 0.512 e. The first-order chi connectivity index (χ1) is 68.7. The van der Waals surface area contributed by atoms with Crippen molar-refractivity contribution in [1.29, 1.82) is 0 Å². The summed E-state index contributed by atoms with van der Waals surface area (Å²) >= 11 is 0. The molecule has 0 spiro atoms. The van der Waals surface area contributed by atoms with Gasteiger partial charge >= 0.3 is 0 Å². The van der Waals surface area contributed by atoms with Crippen LogP contribution in [0.15, 0.2) is 302 Å². The molecule has 0 saturated heterocycles. The van der Waals surface area contributed by atoms with Crippen molar-refractivity contribution >= 4 is 89.8 Å². The Labute approximate surface area is 925 Å². The summed E-state index contributed by atoms with van der Waals surface area (Å²) in [7, 11) is -4.66. The van der Waals surface area contributed by atoms with Crippen LogP contribution in [-0.2, 0) is 80.1 Å². The summed E-state index contributed by atoms with van der Waals surface area (Å²) in [5.74, 6) is 1.03. The summed E-state index contributed by atoms with van der Waals surface area (Å²) < 4.78 is 24.1. The van der Waals surface area contributed by atoms with Gasteiger partial charge in [-0.15, -0.1) is 94.0 Å². The summed E-state index contributed by atoms with van der Waals surface area (Å²) in [5, 5.41) is 37.6. The number of hydrogen-bond donors (Lipinski definition) is 3. The Morgan fingerprint density at radius 2 is 0.678 bits per heavy atom. The number of aliphatic hydroxyl groups excluding tert-OH is 3. The van der Waals surface area contributed by atoms with Crippen LogP contribution in [-0.4, -0.2) is 71.8 Å². The Morgan fingerprint density at radius 1 is 0.342 bits per heavy atom. The van der Waals surface area contributed by atoms with Crippen LogP contribution in [0.4, 0.5) is 0 Å². The molecule has 11 aromatic carbocycles. The number of aryl methyl sites for hydroxylation is 2. The van der Waals surface area contributed by atoms with Crippen molar-refractivity contribution in [3.63, 3.8) is 0 Å². The number of rotatable bonds is 30. The first-order valence-corrected chi connectivity index (χ1v) is 62.3.